The first-order chi connectivity index (χ1) is 12.2. The van der Waals surface area contributed by atoms with Gasteiger partial charge < -0.3 is 10.1 Å². The van der Waals surface area contributed by atoms with E-state index in [0.717, 1.165) is 32.5 Å². The van der Waals surface area contributed by atoms with Crippen molar-refractivity contribution in [2.45, 2.75) is 19.9 Å². The Balaban J connectivity index is 1.59. The van der Waals surface area contributed by atoms with E-state index in [1.165, 1.54) is 0 Å². The Morgan fingerprint density at radius 2 is 2.04 bits per heavy atom. The summed E-state index contributed by atoms with van der Waals surface area (Å²) < 4.78 is 5.12. The van der Waals surface area contributed by atoms with E-state index in [-0.39, 0.29) is 5.91 Å². The van der Waals surface area contributed by atoms with Gasteiger partial charge in [-0.2, -0.15) is 0 Å². The van der Waals surface area contributed by atoms with Gasteiger partial charge in [-0.15, -0.1) is 11.3 Å². The van der Waals surface area contributed by atoms with Gasteiger partial charge in [-0.05, 0) is 36.8 Å². The van der Waals surface area contributed by atoms with Gasteiger partial charge in [0.1, 0.15) is 10.8 Å². The van der Waals surface area contributed by atoms with Crippen LogP contribution in [-0.4, -0.2) is 23.0 Å². The van der Waals surface area contributed by atoms with Crippen LogP contribution in [0, 0.1) is 6.92 Å². The van der Waals surface area contributed by atoms with Gasteiger partial charge in [0.2, 0.25) is 5.91 Å². The number of thiazole rings is 1. The number of rotatable bonds is 6. The fraction of sp³-hybridized carbons (Fsp3) is 0.211. The first-order valence-corrected chi connectivity index (χ1v) is 8.73. The Kier molecular flexibility index (Phi) is 5.40. The Hall–Kier alpha value is -2.73. The van der Waals surface area contributed by atoms with Crippen LogP contribution in [0.25, 0.3) is 10.6 Å². The van der Waals surface area contributed by atoms with Crippen molar-refractivity contribution in [1.82, 2.24) is 15.3 Å². The zero-order valence-electron chi connectivity index (χ0n) is 14.2. The van der Waals surface area contributed by atoms with Gasteiger partial charge in [-0.1, -0.05) is 12.1 Å². The fourth-order valence-electron chi connectivity index (χ4n) is 2.37. The molecule has 1 aromatic carbocycles. The molecule has 0 saturated heterocycles. The van der Waals surface area contributed by atoms with Crippen molar-refractivity contribution in [3.05, 3.63) is 64.9 Å². The van der Waals surface area contributed by atoms with Crippen molar-refractivity contribution in [3.8, 4) is 16.3 Å². The summed E-state index contributed by atoms with van der Waals surface area (Å²) in [5, 5.41) is 3.89. The molecule has 1 amide bonds. The van der Waals surface area contributed by atoms with E-state index >= 15 is 0 Å². The predicted molar refractivity (Wildman–Crippen MR) is 98.6 cm³/mol. The lowest BCUT2D eigenvalue weighted by atomic mass is 10.1. The number of aromatic nitrogens is 2. The number of methoxy groups -OCH3 is 1. The minimum atomic E-state index is -0.0131. The molecule has 0 bridgehead atoms. The van der Waals surface area contributed by atoms with Crippen LogP contribution in [0.4, 0.5) is 0 Å². The Labute approximate surface area is 150 Å². The Bertz CT molecular complexity index is 845. The van der Waals surface area contributed by atoms with Crippen LogP contribution in [-0.2, 0) is 17.8 Å². The molecule has 25 heavy (non-hydrogen) atoms. The molecule has 3 rings (SSSR count). The van der Waals surface area contributed by atoms with Gasteiger partial charge in [-0.3, -0.25) is 9.78 Å². The first kappa shape index (κ1) is 17.1. The first-order valence-electron chi connectivity index (χ1n) is 7.92. The molecule has 0 radical (unpaired) electrons. The van der Waals surface area contributed by atoms with E-state index in [2.05, 4.69) is 15.3 Å². The minimum Gasteiger partial charge on any atom is -0.497 e. The maximum Gasteiger partial charge on any atom is 0.224 e. The van der Waals surface area contributed by atoms with Crippen LogP contribution < -0.4 is 10.1 Å². The molecule has 0 spiro atoms. The average molecular weight is 353 g/mol. The summed E-state index contributed by atoms with van der Waals surface area (Å²) in [6.07, 6.45) is 3.88. The third kappa shape index (κ3) is 4.42. The molecule has 0 unspecified atom stereocenters. The van der Waals surface area contributed by atoms with Gasteiger partial charge in [0, 0.05) is 22.8 Å². The number of nitrogens with one attached hydrogen (secondary N) is 1. The summed E-state index contributed by atoms with van der Waals surface area (Å²) in [5.74, 6) is 0.772. The number of nitrogens with zero attached hydrogens (tertiary/aromatic N) is 2. The number of hydrogen-bond acceptors (Lipinski definition) is 5. The number of carbonyl (C=O) groups is 1. The quantitative estimate of drug-likeness (QED) is 0.738. The zero-order chi connectivity index (χ0) is 17.6. The molecule has 5 nitrogen and oxygen atoms in total. The maximum absolute atomic E-state index is 12.2. The van der Waals surface area contributed by atoms with Crippen molar-refractivity contribution < 1.29 is 9.53 Å². The van der Waals surface area contributed by atoms with Crippen molar-refractivity contribution in [2.75, 3.05) is 7.11 Å². The summed E-state index contributed by atoms with van der Waals surface area (Å²) in [6, 6.07) is 11.4. The van der Waals surface area contributed by atoms with Gasteiger partial charge in [0.15, 0.2) is 0 Å². The number of aryl methyl sites for hydroxylation is 1. The molecule has 6 heteroatoms. The molecular weight excluding hydrogens is 334 g/mol. The highest BCUT2D eigenvalue weighted by Gasteiger charge is 2.11. The largest absolute Gasteiger partial charge is 0.497 e. The summed E-state index contributed by atoms with van der Waals surface area (Å²) in [5.41, 5.74) is 2.88. The van der Waals surface area contributed by atoms with E-state index in [1.54, 1.807) is 30.8 Å². The topological polar surface area (TPSA) is 64.1 Å². The average Bonchev–Trinajstić information content (AvgIpc) is 3.02. The van der Waals surface area contributed by atoms with E-state index < -0.39 is 0 Å². The van der Waals surface area contributed by atoms with Crippen molar-refractivity contribution in [3.63, 3.8) is 0 Å². The number of benzene rings is 1. The second-order valence-corrected chi connectivity index (χ2v) is 6.65. The van der Waals surface area contributed by atoms with Crippen molar-refractivity contribution in [1.29, 1.82) is 0 Å². The number of amides is 1. The molecule has 0 atom stereocenters. The van der Waals surface area contributed by atoms with Gasteiger partial charge in [0.25, 0.3) is 0 Å². The van der Waals surface area contributed by atoms with Crippen LogP contribution in [0.3, 0.4) is 0 Å². The van der Waals surface area contributed by atoms with Crippen LogP contribution in [0.2, 0.25) is 0 Å². The summed E-state index contributed by atoms with van der Waals surface area (Å²) in [4.78, 5) is 21.9. The highest BCUT2D eigenvalue weighted by Crippen LogP contribution is 2.27. The second-order valence-electron chi connectivity index (χ2n) is 5.57. The highest BCUT2D eigenvalue weighted by molar-refractivity contribution is 7.15. The van der Waals surface area contributed by atoms with Crippen LogP contribution in [0.1, 0.15) is 16.1 Å². The molecule has 0 saturated carbocycles. The Morgan fingerprint density at radius 3 is 2.72 bits per heavy atom. The lowest BCUT2D eigenvalue weighted by molar-refractivity contribution is -0.120. The van der Waals surface area contributed by atoms with Gasteiger partial charge in [-0.25, -0.2) is 4.98 Å². The van der Waals surface area contributed by atoms with Crippen LogP contribution >= 0.6 is 11.3 Å². The van der Waals surface area contributed by atoms with Crippen molar-refractivity contribution in [2.24, 2.45) is 0 Å². The molecule has 128 valence electrons. The third-order valence-corrected chi connectivity index (χ3v) is 4.98. The highest BCUT2D eigenvalue weighted by atomic mass is 32.1. The molecule has 2 heterocycles. The molecule has 0 aliphatic heterocycles. The monoisotopic (exact) mass is 353 g/mol. The van der Waals surface area contributed by atoms with E-state index in [1.807, 2.05) is 43.3 Å². The van der Waals surface area contributed by atoms with Gasteiger partial charge >= 0.3 is 0 Å². The molecule has 1 N–H and O–H groups in total. The lowest BCUT2D eigenvalue weighted by Crippen LogP contribution is -2.24. The fourth-order valence-corrected chi connectivity index (χ4v) is 3.37. The molecule has 0 fully saturated rings. The molecular formula is C19H19N3O2S. The summed E-state index contributed by atoms with van der Waals surface area (Å²) in [6.45, 7) is 2.44. The summed E-state index contributed by atoms with van der Waals surface area (Å²) in [7, 11) is 1.62. The number of carbonyl (C=O) groups excluding carboxylic acids is 1. The molecule has 3 aromatic rings. The summed E-state index contributed by atoms with van der Waals surface area (Å²) >= 11 is 1.58. The van der Waals surface area contributed by atoms with Crippen LogP contribution in [0.5, 0.6) is 5.75 Å². The second kappa shape index (κ2) is 7.90. The molecule has 0 aliphatic carbocycles. The third-order valence-electron chi connectivity index (χ3n) is 3.77. The molecule has 0 aliphatic rings. The lowest BCUT2D eigenvalue weighted by Gasteiger charge is -2.05. The van der Waals surface area contributed by atoms with E-state index in [9.17, 15) is 4.79 Å². The number of hydrogen-bond donors (Lipinski definition) is 1. The number of ether oxygens (including phenoxy) is 1. The normalized spacial score (nSPS) is 10.5. The smallest absolute Gasteiger partial charge is 0.224 e. The number of pyridine rings is 1. The van der Waals surface area contributed by atoms with E-state index in [4.69, 9.17) is 4.74 Å². The SMILES string of the molecule is COc1ccc(CC(=O)NCc2sc(-c3cccnc3)nc2C)cc1. The predicted octanol–water partition coefficient (Wildman–Crippen LogP) is 3.38. The van der Waals surface area contributed by atoms with E-state index in [0.29, 0.717) is 13.0 Å². The standard InChI is InChI=1S/C19H19N3O2S/c1-13-17(25-19(22-13)15-4-3-9-20-11-15)12-21-18(23)10-14-5-7-16(24-2)8-6-14/h3-9,11H,10,12H2,1-2H3,(H,21,23). The van der Waals surface area contributed by atoms with Gasteiger partial charge in [0.05, 0.1) is 25.8 Å². The van der Waals surface area contributed by atoms with Crippen LogP contribution in [0.15, 0.2) is 48.8 Å². The minimum absolute atomic E-state index is 0.0131. The molecule has 2 aromatic heterocycles. The Morgan fingerprint density at radius 1 is 1.24 bits per heavy atom. The maximum atomic E-state index is 12.2. The van der Waals surface area contributed by atoms with Crippen molar-refractivity contribution >= 4 is 17.2 Å². The zero-order valence-corrected chi connectivity index (χ0v) is 15.0.